The summed E-state index contributed by atoms with van der Waals surface area (Å²) in [5.41, 5.74) is -4.30. The average molecular weight is 570 g/mol. The maximum atomic E-state index is 13.0. The van der Waals surface area contributed by atoms with E-state index in [1.54, 1.807) is 69.2 Å². The van der Waals surface area contributed by atoms with Crippen molar-refractivity contribution < 1.29 is 43.0 Å². The Morgan fingerprint density at radius 1 is 0.923 bits per heavy atom. The van der Waals surface area contributed by atoms with E-state index in [0.29, 0.717) is 24.2 Å². The van der Waals surface area contributed by atoms with Gasteiger partial charge in [-0.3, -0.25) is 0 Å². The van der Waals surface area contributed by atoms with Gasteiger partial charge in [0.25, 0.3) is 0 Å². The van der Waals surface area contributed by atoms with Crippen LogP contribution in [0.3, 0.4) is 0 Å². The molecule has 1 fully saturated rings. The minimum Gasteiger partial charge on any atom is -0.461 e. The topological polar surface area (TPSA) is 143 Å². The van der Waals surface area contributed by atoms with Gasteiger partial charge in [-0.1, -0.05) is 5.16 Å². The number of rotatable bonds is 7. The molecule has 218 valence electrons. The Morgan fingerprint density at radius 2 is 1.44 bits per heavy atom. The van der Waals surface area contributed by atoms with Crippen LogP contribution in [0.4, 0.5) is 14.7 Å². The van der Waals surface area contributed by atoms with Crippen LogP contribution in [0, 0.1) is 0 Å². The lowest BCUT2D eigenvalue weighted by molar-refractivity contribution is -0.196. The standard InChI is InChI=1S/C26H39N3O9S/c1-11-34-18(30)17(28-38-26(13-12-14-26)19(31)35-23(2,3)4)16-15-39-20(27-16)29(21(32)36-24(5,6)7)22(33)37-25(8,9)10/h15H,11-14H2,1-10H3/b28-17-. The highest BCUT2D eigenvalue weighted by Crippen LogP contribution is 2.38. The number of carbonyl (C=O) groups excluding carboxylic acids is 4. The van der Waals surface area contributed by atoms with Crippen LogP contribution in [0.2, 0.25) is 0 Å². The van der Waals surface area contributed by atoms with Crippen LogP contribution in [0.25, 0.3) is 0 Å². The first-order chi connectivity index (χ1) is 17.8. The van der Waals surface area contributed by atoms with E-state index < -0.39 is 46.5 Å². The summed E-state index contributed by atoms with van der Waals surface area (Å²) in [5, 5.41) is 5.24. The van der Waals surface area contributed by atoms with Gasteiger partial charge in [-0.25, -0.2) is 24.2 Å². The number of carbonyl (C=O) groups is 4. The quantitative estimate of drug-likeness (QED) is 0.182. The third kappa shape index (κ3) is 9.19. The van der Waals surface area contributed by atoms with Crippen molar-refractivity contribution in [1.29, 1.82) is 0 Å². The number of oxime groups is 1. The van der Waals surface area contributed by atoms with E-state index in [2.05, 4.69) is 10.1 Å². The number of ether oxygens (including phenoxy) is 4. The zero-order valence-electron chi connectivity index (χ0n) is 24.3. The van der Waals surface area contributed by atoms with E-state index in [1.807, 2.05) is 0 Å². The van der Waals surface area contributed by atoms with Gasteiger partial charge >= 0.3 is 24.1 Å². The van der Waals surface area contributed by atoms with E-state index in [1.165, 1.54) is 5.38 Å². The molecule has 1 aromatic rings. The Morgan fingerprint density at radius 3 is 1.85 bits per heavy atom. The van der Waals surface area contributed by atoms with Gasteiger partial charge in [0.15, 0.2) is 0 Å². The summed E-state index contributed by atoms with van der Waals surface area (Å²) in [4.78, 5) is 62.1. The van der Waals surface area contributed by atoms with Gasteiger partial charge in [0.2, 0.25) is 16.4 Å². The number of anilines is 1. The summed E-state index contributed by atoms with van der Waals surface area (Å²) in [6.07, 6.45) is -0.599. The average Bonchev–Trinajstić information content (AvgIpc) is 3.14. The Hall–Kier alpha value is -3.22. The zero-order chi connectivity index (χ0) is 29.8. The number of hydrogen-bond donors (Lipinski definition) is 0. The summed E-state index contributed by atoms with van der Waals surface area (Å²) >= 11 is 0.875. The van der Waals surface area contributed by atoms with Crippen LogP contribution in [-0.4, -0.2) is 63.8 Å². The third-order valence-electron chi connectivity index (χ3n) is 4.79. The van der Waals surface area contributed by atoms with Crippen LogP contribution in [0.1, 0.15) is 94.2 Å². The number of hydrogen-bond acceptors (Lipinski definition) is 12. The molecule has 0 atom stereocenters. The van der Waals surface area contributed by atoms with E-state index >= 15 is 0 Å². The van der Waals surface area contributed by atoms with Crippen molar-refractivity contribution in [2.75, 3.05) is 11.5 Å². The molecule has 1 aliphatic carbocycles. The fourth-order valence-corrected chi connectivity index (χ4v) is 3.83. The Kier molecular flexibility index (Phi) is 9.75. The summed E-state index contributed by atoms with van der Waals surface area (Å²) in [6, 6.07) is 0. The molecule has 1 aromatic heterocycles. The highest BCUT2D eigenvalue weighted by Gasteiger charge is 2.50. The van der Waals surface area contributed by atoms with E-state index in [9.17, 15) is 19.2 Å². The minimum absolute atomic E-state index is 0.0357. The molecule has 12 nitrogen and oxygen atoms in total. The van der Waals surface area contributed by atoms with E-state index in [4.69, 9.17) is 23.8 Å². The molecule has 0 N–H and O–H groups in total. The van der Waals surface area contributed by atoms with Gasteiger partial charge in [0.1, 0.15) is 22.5 Å². The lowest BCUT2D eigenvalue weighted by Crippen LogP contribution is -2.50. The molecular weight excluding hydrogens is 530 g/mol. The maximum Gasteiger partial charge on any atom is 0.426 e. The van der Waals surface area contributed by atoms with Gasteiger partial charge in [0.05, 0.1) is 6.61 Å². The molecule has 0 aliphatic heterocycles. The number of thiazole rings is 1. The van der Waals surface area contributed by atoms with Gasteiger partial charge in [-0.15, -0.1) is 11.3 Å². The monoisotopic (exact) mass is 569 g/mol. The van der Waals surface area contributed by atoms with Crippen molar-refractivity contribution >= 4 is 46.3 Å². The Balaban J connectivity index is 2.46. The van der Waals surface area contributed by atoms with E-state index in [-0.39, 0.29) is 23.1 Å². The second-order valence-corrected chi connectivity index (χ2v) is 12.7. The zero-order valence-corrected chi connectivity index (χ0v) is 25.1. The first-order valence-corrected chi connectivity index (χ1v) is 13.5. The number of aromatic nitrogens is 1. The second kappa shape index (κ2) is 11.9. The maximum absolute atomic E-state index is 13.0. The molecule has 0 unspecified atom stereocenters. The van der Waals surface area contributed by atoms with Crippen LogP contribution in [-0.2, 0) is 33.4 Å². The summed E-state index contributed by atoms with van der Waals surface area (Å²) in [5.74, 6) is -1.46. The normalized spacial score (nSPS) is 15.5. The number of esters is 2. The van der Waals surface area contributed by atoms with Crippen LogP contribution >= 0.6 is 11.3 Å². The van der Waals surface area contributed by atoms with Crippen LogP contribution < -0.4 is 4.90 Å². The smallest absolute Gasteiger partial charge is 0.426 e. The van der Waals surface area contributed by atoms with Crippen molar-refractivity contribution in [3.8, 4) is 0 Å². The molecule has 0 spiro atoms. The molecule has 0 aromatic carbocycles. The van der Waals surface area contributed by atoms with Crippen LogP contribution in [0.5, 0.6) is 0 Å². The van der Waals surface area contributed by atoms with Gasteiger partial charge in [-0.2, -0.15) is 4.90 Å². The largest absolute Gasteiger partial charge is 0.461 e. The summed E-state index contributed by atoms with van der Waals surface area (Å²) in [7, 11) is 0. The molecule has 39 heavy (non-hydrogen) atoms. The molecule has 1 saturated carbocycles. The predicted molar refractivity (Wildman–Crippen MR) is 144 cm³/mol. The molecular formula is C26H39N3O9S. The second-order valence-electron chi connectivity index (χ2n) is 11.9. The highest BCUT2D eigenvalue weighted by molar-refractivity contribution is 7.14. The van der Waals surface area contributed by atoms with Crippen LogP contribution in [0.15, 0.2) is 10.5 Å². The lowest BCUT2D eigenvalue weighted by Gasteiger charge is -2.38. The number of imide groups is 1. The lowest BCUT2D eigenvalue weighted by atomic mass is 9.80. The van der Waals surface area contributed by atoms with E-state index in [0.717, 1.165) is 11.3 Å². The summed E-state index contributed by atoms with van der Waals surface area (Å²) < 4.78 is 21.4. The van der Waals surface area contributed by atoms with Crippen molar-refractivity contribution in [1.82, 2.24) is 4.98 Å². The fraction of sp³-hybridized carbons (Fsp3) is 0.692. The SMILES string of the molecule is CCOC(=O)/C(=N\OC1(C(=O)OC(C)(C)C)CCC1)c1csc(N(C(=O)OC(C)(C)C)C(=O)OC(C)(C)C)n1. The first kappa shape index (κ1) is 32.0. The number of amides is 2. The number of nitrogens with zero attached hydrogens (tertiary/aromatic N) is 3. The Labute approximate surface area is 233 Å². The summed E-state index contributed by atoms with van der Waals surface area (Å²) in [6.45, 7) is 16.8. The fourth-order valence-electron chi connectivity index (χ4n) is 3.04. The molecule has 0 bridgehead atoms. The molecule has 0 saturated heterocycles. The molecule has 1 heterocycles. The predicted octanol–water partition coefficient (Wildman–Crippen LogP) is 5.37. The molecule has 2 rings (SSSR count). The molecule has 0 radical (unpaired) electrons. The van der Waals surface area contributed by atoms with Crippen molar-refractivity contribution in [3.05, 3.63) is 11.1 Å². The minimum atomic E-state index is -1.34. The molecule has 1 aliphatic rings. The highest BCUT2D eigenvalue weighted by atomic mass is 32.1. The van der Waals surface area contributed by atoms with Crippen molar-refractivity contribution in [2.45, 2.75) is 111 Å². The van der Waals surface area contributed by atoms with Crippen molar-refractivity contribution in [3.63, 3.8) is 0 Å². The van der Waals surface area contributed by atoms with Crippen molar-refractivity contribution in [2.24, 2.45) is 5.16 Å². The van der Waals surface area contributed by atoms with Gasteiger partial charge in [-0.05, 0) is 75.7 Å². The van der Waals surface area contributed by atoms with Gasteiger partial charge in [0, 0.05) is 18.2 Å². The van der Waals surface area contributed by atoms with Gasteiger partial charge < -0.3 is 23.8 Å². The first-order valence-electron chi connectivity index (χ1n) is 12.7. The Bertz CT molecular complexity index is 1080. The molecule has 13 heteroatoms. The molecule has 2 amide bonds. The third-order valence-corrected chi connectivity index (χ3v) is 5.62.